The first-order valence-electron chi connectivity index (χ1n) is 4.91. The van der Waals surface area contributed by atoms with Crippen LogP contribution in [0.4, 0.5) is 0 Å². The lowest BCUT2D eigenvalue weighted by Gasteiger charge is -2.12. The van der Waals surface area contributed by atoms with Gasteiger partial charge in [0.05, 0.1) is 6.42 Å². The number of halogens is 1. The van der Waals surface area contributed by atoms with Gasteiger partial charge in [0.15, 0.2) is 0 Å². The minimum Gasteiger partial charge on any atom is -0.481 e. The van der Waals surface area contributed by atoms with Crippen LogP contribution >= 0.6 is 22.6 Å². The second-order valence-corrected chi connectivity index (χ2v) is 4.72. The van der Waals surface area contributed by atoms with Crippen LogP contribution in [0.1, 0.15) is 16.8 Å². The number of aliphatic carboxylic acids is 2. The van der Waals surface area contributed by atoms with E-state index in [1.165, 1.54) is 6.07 Å². The molecule has 96 valence electrons. The van der Waals surface area contributed by atoms with Gasteiger partial charge in [-0.15, -0.1) is 0 Å². The number of amides is 1. The van der Waals surface area contributed by atoms with E-state index < -0.39 is 30.3 Å². The number of nitrogens with one attached hydrogen (secondary N) is 1. The fraction of sp³-hybridized carbons (Fsp3) is 0.182. The molecule has 7 heteroatoms. The van der Waals surface area contributed by atoms with Crippen LogP contribution in [0, 0.1) is 3.57 Å². The third-order valence-corrected chi connectivity index (χ3v) is 2.74. The molecule has 0 bridgehead atoms. The van der Waals surface area contributed by atoms with Crippen molar-refractivity contribution in [3.05, 3.63) is 33.4 Å². The molecular formula is C11H10INO5. The predicted octanol–water partition coefficient (Wildman–Crippen LogP) is 0.949. The van der Waals surface area contributed by atoms with Gasteiger partial charge in [-0.05, 0) is 40.8 Å². The SMILES string of the molecule is O=C(O)CC(NC(=O)c1cccc(I)c1)C(=O)O. The summed E-state index contributed by atoms with van der Waals surface area (Å²) in [7, 11) is 0. The molecule has 0 saturated heterocycles. The second kappa shape index (κ2) is 6.34. The van der Waals surface area contributed by atoms with Crippen molar-refractivity contribution in [1.29, 1.82) is 0 Å². The molecular weight excluding hydrogens is 353 g/mol. The summed E-state index contributed by atoms with van der Waals surface area (Å²) in [5.74, 6) is -3.27. The maximum atomic E-state index is 11.7. The van der Waals surface area contributed by atoms with E-state index in [1.807, 2.05) is 22.6 Å². The first kappa shape index (κ1) is 14.4. The molecule has 1 unspecified atom stereocenters. The number of benzene rings is 1. The van der Waals surface area contributed by atoms with Crippen LogP contribution in [0.2, 0.25) is 0 Å². The van der Waals surface area contributed by atoms with Crippen molar-refractivity contribution in [1.82, 2.24) is 5.32 Å². The summed E-state index contributed by atoms with van der Waals surface area (Å²) >= 11 is 2.02. The Balaban J connectivity index is 2.78. The molecule has 0 aliphatic rings. The van der Waals surface area contributed by atoms with E-state index in [0.29, 0.717) is 5.56 Å². The van der Waals surface area contributed by atoms with E-state index in [-0.39, 0.29) is 0 Å². The Morgan fingerprint density at radius 2 is 1.94 bits per heavy atom. The third-order valence-electron chi connectivity index (χ3n) is 2.07. The van der Waals surface area contributed by atoms with Crippen molar-refractivity contribution in [2.45, 2.75) is 12.5 Å². The topological polar surface area (TPSA) is 104 Å². The predicted molar refractivity (Wildman–Crippen MR) is 70.3 cm³/mol. The largest absolute Gasteiger partial charge is 0.481 e. The fourth-order valence-corrected chi connectivity index (χ4v) is 1.79. The molecule has 0 spiro atoms. The number of carbonyl (C=O) groups excluding carboxylic acids is 1. The Labute approximate surface area is 116 Å². The smallest absolute Gasteiger partial charge is 0.326 e. The van der Waals surface area contributed by atoms with Gasteiger partial charge >= 0.3 is 11.9 Å². The standard InChI is InChI=1S/C11H10INO5/c12-7-3-1-2-6(4-7)10(16)13-8(11(17)18)5-9(14)15/h1-4,8H,5H2,(H,13,16)(H,14,15)(H,17,18). The average Bonchev–Trinajstić information content (AvgIpc) is 2.27. The number of hydrogen-bond donors (Lipinski definition) is 3. The normalized spacial score (nSPS) is 11.6. The minimum absolute atomic E-state index is 0.290. The van der Waals surface area contributed by atoms with Gasteiger partial charge in [-0.1, -0.05) is 6.07 Å². The molecule has 3 N–H and O–H groups in total. The summed E-state index contributed by atoms with van der Waals surface area (Å²) in [6, 6.07) is 5.10. The van der Waals surface area contributed by atoms with Crippen molar-refractivity contribution in [2.75, 3.05) is 0 Å². The first-order chi connectivity index (χ1) is 8.40. The van der Waals surface area contributed by atoms with Crippen molar-refractivity contribution in [3.63, 3.8) is 0 Å². The maximum Gasteiger partial charge on any atom is 0.326 e. The molecule has 1 rings (SSSR count). The molecule has 1 aromatic rings. The van der Waals surface area contributed by atoms with Gasteiger partial charge in [-0.2, -0.15) is 0 Å². The first-order valence-corrected chi connectivity index (χ1v) is 5.99. The number of carbonyl (C=O) groups is 3. The highest BCUT2D eigenvalue weighted by Crippen LogP contribution is 2.08. The summed E-state index contributed by atoms with van der Waals surface area (Å²) < 4.78 is 0.824. The molecule has 0 aromatic heterocycles. The molecule has 1 aromatic carbocycles. The number of carboxylic acids is 2. The quantitative estimate of drug-likeness (QED) is 0.676. The van der Waals surface area contributed by atoms with Gasteiger partial charge in [-0.25, -0.2) is 4.79 Å². The zero-order chi connectivity index (χ0) is 13.7. The highest BCUT2D eigenvalue weighted by Gasteiger charge is 2.23. The monoisotopic (exact) mass is 363 g/mol. The van der Waals surface area contributed by atoms with Crippen molar-refractivity contribution < 1.29 is 24.6 Å². The van der Waals surface area contributed by atoms with E-state index in [9.17, 15) is 14.4 Å². The Kier molecular flexibility index (Phi) is 5.08. The van der Waals surface area contributed by atoms with Crippen LogP contribution < -0.4 is 5.32 Å². The molecule has 0 radical (unpaired) electrons. The van der Waals surface area contributed by atoms with Crippen LogP contribution in [0.15, 0.2) is 24.3 Å². The zero-order valence-corrected chi connectivity index (χ0v) is 11.2. The third kappa shape index (κ3) is 4.32. The van der Waals surface area contributed by atoms with Crippen molar-refractivity contribution >= 4 is 40.4 Å². The highest BCUT2D eigenvalue weighted by molar-refractivity contribution is 14.1. The van der Waals surface area contributed by atoms with E-state index in [1.54, 1.807) is 18.2 Å². The van der Waals surface area contributed by atoms with E-state index in [0.717, 1.165) is 3.57 Å². The molecule has 18 heavy (non-hydrogen) atoms. The number of rotatable bonds is 5. The molecule has 6 nitrogen and oxygen atoms in total. The summed E-state index contributed by atoms with van der Waals surface area (Å²) in [5.41, 5.74) is 0.290. The van der Waals surface area contributed by atoms with Crippen LogP contribution in [-0.2, 0) is 9.59 Å². The van der Waals surface area contributed by atoms with E-state index >= 15 is 0 Å². The molecule has 1 atom stereocenters. The lowest BCUT2D eigenvalue weighted by Crippen LogP contribution is -2.42. The molecule has 0 aliphatic carbocycles. The lowest BCUT2D eigenvalue weighted by molar-refractivity contribution is -0.145. The summed E-state index contributed by atoms with van der Waals surface area (Å²) in [6.45, 7) is 0. The fourth-order valence-electron chi connectivity index (χ4n) is 1.25. The molecule has 0 heterocycles. The zero-order valence-electron chi connectivity index (χ0n) is 9.09. The van der Waals surface area contributed by atoms with Crippen molar-refractivity contribution in [3.8, 4) is 0 Å². The molecule has 0 aliphatic heterocycles. The van der Waals surface area contributed by atoms with Crippen LogP contribution in [0.25, 0.3) is 0 Å². The summed E-state index contributed by atoms with van der Waals surface area (Å²) in [5, 5.41) is 19.5. The molecule has 1 amide bonds. The summed E-state index contributed by atoms with van der Waals surface area (Å²) in [4.78, 5) is 33.0. The van der Waals surface area contributed by atoms with Crippen LogP contribution in [-0.4, -0.2) is 34.1 Å². The molecule has 0 saturated carbocycles. The number of carboxylic acid groups (broad SMARTS) is 2. The van der Waals surface area contributed by atoms with E-state index in [4.69, 9.17) is 10.2 Å². The van der Waals surface area contributed by atoms with Gasteiger partial charge < -0.3 is 15.5 Å². The van der Waals surface area contributed by atoms with Gasteiger partial charge in [0, 0.05) is 9.13 Å². The number of hydrogen-bond acceptors (Lipinski definition) is 3. The van der Waals surface area contributed by atoms with Crippen LogP contribution in [0.3, 0.4) is 0 Å². The lowest BCUT2D eigenvalue weighted by atomic mass is 10.1. The average molecular weight is 363 g/mol. The summed E-state index contributed by atoms with van der Waals surface area (Å²) in [6.07, 6.45) is -0.662. The van der Waals surface area contributed by atoms with Gasteiger partial charge in [0.1, 0.15) is 6.04 Å². The van der Waals surface area contributed by atoms with Crippen LogP contribution in [0.5, 0.6) is 0 Å². The Bertz CT molecular complexity index is 488. The van der Waals surface area contributed by atoms with Gasteiger partial charge in [-0.3, -0.25) is 9.59 Å². The molecule has 0 fully saturated rings. The Hall–Kier alpha value is -1.64. The highest BCUT2D eigenvalue weighted by atomic mass is 127. The van der Waals surface area contributed by atoms with Gasteiger partial charge in [0.25, 0.3) is 5.91 Å². The van der Waals surface area contributed by atoms with Crippen molar-refractivity contribution in [2.24, 2.45) is 0 Å². The maximum absolute atomic E-state index is 11.7. The second-order valence-electron chi connectivity index (χ2n) is 3.47. The van der Waals surface area contributed by atoms with Gasteiger partial charge in [0.2, 0.25) is 0 Å². The Morgan fingerprint density at radius 3 is 2.44 bits per heavy atom. The minimum atomic E-state index is -1.44. The van der Waals surface area contributed by atoms with E-state index in [2.05, 4.69) is 5.32 Å². The Morgan fingerprint density at radius 1 is 1.28 bits per heavy atom.